The molecule has 1 aliphatic carbocycles. The summed E-state index contributed by atoms with van der Waals surface area (Å²) in [6.45, 7) is 2.00. The highest BCUT2D eigenvalue weighted by Gasteiger charge is 2.26. The third kappa shape index (κ3) is 5.97. The van der Waals surface area contributed by atoms with Crippen LogP contribution in [0.2, 0.25) is 0 Å². The first-order chi connectivity index (χ1) is 18.4. The monoisotopic (exact) mass is 521 g/mol. The zero-order valence-corrected chi connectivity index (χ0v) is 20.5. The van der Waals surface area contributed by atoms with Crippen molar-refractivity contribution in [2.75, 3.05) is 11.9 Å². The van der Waals surface area contributed by atoms with Crippen molar-refractivity contribution < 1.29 is 32.9 Å². The molecule has 0 spiro atoms. The molecule has 4 aromatic rings. The molecule has 2 N–H and O–H groups in total. The summed E-state index contributed by atoms with van der Waals surface area (Å²) < 4.78 is 46.9. The number of pyridine rings is 2. The molecule has 1 fully saturated rings. The van der Waals surface area contributed by atoms with E-state index in [1.807, 2.05) is 0 Å². The molecule has 1 atom stereocenters. The molecule has 0 bridgehead atoms. The van der Waals surface area contributed by atoms with E-state index in [-0.39, 0.29) is 23.1 Å². The molecule has 0 radical (unpaired) electrons. The summed E-state index contributed by atoms with van der Waals surface area (Å²) in [5, 5.41) is 12.4. The molecule has 1 amide bonds. The number of aliphatic hydroxyl groups excluding tert-OH is 1. The number of carbonyl (C=O) groups excluding carboxylic acids is 1. The van der Waals surface area contributed by atoms with Crippen LogP contribution in [0, 0.1) is 11.6 Å². The molecule has 196 valence electrons. The predicted octanol–water partition coefficient (Wildman–Crippen LogP) is 5.64. The lowest BCUT2D eigenvalue weighted by Crippen LogP contribution is -2.15. The molecule has 1 saturated carbocycles. The van der Waals surface area contributed by atoms with Gasteiger partial charge in [0, 0.05) is 54.3 Å². The number of hydrogen-bond donors (Lipinski definition) is 2. The van der Waals surface area contributed by atoms with Crippen LogP contribution in [-0.4, -0.2) is 39.8 Å². The lowest BCUT2D eigenvalue weighted by molar-refractivity contribution is 0.102. The molecule has 5 rings (SSSR count). The summed E-state index contributed by atoms with van der Waals surface area (Å²) in [4.78, 5) is 21.0. The minimum atomic E-state index is -0.996. The van der Waals surface area contributed by atoms with Gasteiger partial charge in [0.05, 0.1) is 29.9 Å². The van der Waals surface area contributed by atoms with Gasteiger partial charge < -0.3 is 24.6 Å². The maximum atomic E-state index is 15.0. The molecule has 2 aromatic heterocycles. The van der Waals surface area contributed by atoms with Crippen LogP contribution in [0.25, 0.3) is 10.9 Å². The molecule has 0 saturated heterocycles. The molecular formula is C28H25F2N3O5. The Hall–Kier alpha value is -4.31. The molecular weight excluding hydrogens is 496 g/mol. The zero-order chi connectivity index (χ0) is 26.6. The van der Waals surface area contributed by atoms with Crippen molar-refractivity contribution in [2.24, 2.45) is 0 Å². The topological polar surface area (TPSA) is 103 Å². The second kappa shape index (κ2) is 11.0. The summed E-state index contributed by atoms with van der Waals surface area (Å²) in [7, 11) is 0. The van der Waals surface area contributed by atoms with Crippen molar-refractivity contribution in [3.05, 3.63) is 78.3 Å². The van der Waals surface area contributed by atoms with Gasteiger partial charge in [0.15, 0.2) is 17.4 Å². The van der Waals surface area contributed by atoms with Crippen LogP contribution in [0.15, 0.2) is 61.1 Å². The summed E-state index contributed by atoms with van der Waals surface area (Å²) >= 11 is 0. The Balaban J connectivity index is 1.33. The largest absolute Gasteiger partial charge is 0.493 e. The fraction of sp³-hybridized carbons (Fsp3) is 0.250. The quantitative estimate of drug-likeness (QED) is 0.278. The van der Waals surface area contributed by atoms with E-state index in [0.717, 1.165) is 25.0 Å². The van der Waals surface area contributed by atoms with Crippen molar-refractivity contribution in [2.45, 2.75) is 38.4 Å². The van der Waals surface area contributed by atoms with Gasteiger partial charge in [-0.1, -0.05) is 0 Å². The molecule has 8 nitrogen and oxygen atoms in total. The summed E-state index contributed by atoms with van der Waals surface area (Å²) in [5.41, 5.74) is 0.581. The number of aliphatic hydroxyl groups is 1. The molecule has 38 heavy (non-hydrogen) atoms. The summed E-state index contributed by atoms with van der Waals surface area (Å²) in [6, 6.07) is 10.1. The van der Waals surface area contributed by atoms with Crippen molar-refractivity contribution in [3.8, 4) is 23.0 Å². The second-order valence-electron chi connectivity index (χ2n) is 8.99. The highest BCUT2D eigenvalue weighted by Crippen LogP contribution is 2.35. The molecule has 10 heteroatoms. The van der Waals surface area contributed by atoms with Gasteiger partial charge >= 0.3 is 0 Å². The van der Waals surface area contributed by atoms with Gasteiger partial charge in [0.25, 0.3) is 5.91 Å². The Morgan fingerprint density at radius 1 is 1.11 bits per heavy atom. The lowest BCUT2D eigenvalue weighted by atomic mass is 10.2. The molecule has 2 aromatic carbocycles. The van der Waals surface area contributed by atoms with Gasteiger partial charge in [-0.2, -0.15) is 0 Å². The summed E-state index contributed by atoms with van der Waals surface area (Å²) in [6.07, 6.45) is 6.18. The van der Waals surface area contributed by atoms with E-state index < -0.39 is 29.4 Å². The number of hydrogen-bond acceptors (Lipinski definition) is 7. The third-order valence-corrected chi connectivity index (χ3v) is 5.79. The van der Waals surface area contributed by atoms with Gasteiger partial charge in [-0.3, -0.25) is 14.8 Å². The number of carbonyl (C=O) groups is 1. The van der Waals surface area contributed by atoms with Crippen LogP contribution in [0.4, 0.5) is 14.5 Å². The highest BCUT2D eigenvalue weighted by molar-refractivity contribution is 6.06. The van der Waals surface area contributed by atoms with Gasteiger partial charge in [-0.05, 0) is 44.0 Å². The Bertz CT molecular complexity index is 1450. The van der Waals surface area contributed by atoms with Crippen LogP contribution in [0.1, 0.15) is 36.5 Å². The number of nitrogens with one attached hydrogen (secondary N) is 1. The van der Waals surface area contributed by atoms with Crippen molar-refractivity contribution >= 4 is 22.5 Å². The van der Waals surface area contributed by atoms with E-state index >= 15 is 0 Å². The first-order valence-electron chi connectivity index (χ1n) is 12.2. The van der Waals surface area contributed by atoms with Crippen molar-refractivity contribution in [3.63, 3.8) is 0 Å². The molecule has 1 unspecified atom stereocenters. The third-order valence-electron chi connectivity index (χ3n) is 5.79. The minimum Gasteiger partial charge on any atom is -0.493 e. The maximum Gasteiger partial charge on any atom is 0.261 e. The number of rotatable bonds is 10. The van der Waals surface area contributed by atoms with E-state index in [1.165, 1.54) is 24.7 Å². The van der Waals surface area contributed by atoms with Gasteiger partial charge in [0.2, 0.25) is 0 Å². The smallest absolute Gasteiger partial charge is 0.261 e. The van der Waals surface area contributed by atoms with Gasteiger partial charge in [-0.15, -0.1) is 0 Å². The standard InChI is InChI=1S/C28H25F2N3O5/c1-16(34)8-11-36-19-4-5-20-24(14-19)32-10-7-25(20)38-27-22(29)12-17(13-23(27)30)33-28(35)21-15-31-9-6-26(21)37-18-2-3-18/h4-7,9-10,12-16,18,34H,2-3,8,11H2,1H3,(H,33,35). The first kappa shape index (κ1) is 25.3. The van der Waals surface area contributed by atoms with E-state index in [2.05, 4.69) is 15.3 Å². The Labute approximate surface area is 217 Å². The van der Waals surface area contributed by atoms with Crippen LogP contribution >= 0.6 is 0 Å². The van der Waals surface area contributed by atoms with Crippen LogP contribution in [0.5, 0.6) is 23.0 Å². The fourth-order valence-electron chi connectivity index (χ4n) is 3.69. The zero-order valence-electron chi connectivity index (χ0n) is 20.5. The molecule has 2 heterocycles. The van der Waals surface area contributed by atoms with Crippen molar-refractivity contribution in [1.82, 2.24) is 9.97 Å². The molecule has 1 aliphatic rings. The first-order valence-corrected chi connectivity index (χ1v) is 12.2. The van der Waals surface area contributed by atoms with E-state index in [9.17, 15) is 18.7 Å². The van der Waals surface area contributed by atoms with Gasteiger partial charge in [-0.25, -0.2) is 8.78 Å². The average molecular weight is 522 g/mol. The van der Waals surface area contributed by atoms with Crippen LogP contribution in [-0.2, 0) is 0 Å². The number of ether oxygens (including phenoxy) is 3. The fourth-order valence-corrected chi connectivity index (χ4v) is 3.69. The van der Waals surface area contributed by atoms with E-state index in [0.29, 0.717) is 35.4 Å². The SMILES string of the molecule is CC(O)CCOc1ccc2c(Oc3c(F)cc(NC(=O)c4cnccc4OC4CC4)cc3F)ccnc2c1. The number of nitrogens with zero attached hydrogens (tertiary/aromatic N) is 2. The van der Waals surface area contributed by atoms with Crippen LogP contribution < -0.4 is 19.5 Å². The van der Waals surface area contributed by atoms with Crippen molar-refractivity contribution in [1.29, 1.82) is 0 Å². The van der Waals surface area contributed by atoms with E-state index in [4.69, 9.17) is 14.2 Å². The maximum absolute atomic E-state index is 15.0. The Kier molecular flexibility index (Phi) is 7.32. The number of benzene rings is 2. The van der Waals surface area contributed by atoms with E-state index in [1.54, 1.807) is 31.2 Å². The number of fused-ring (bicyclic) bond motifs is 1. The Morgan fingerprint density at radius 2 is 1.87 bits per heavy atom. The second-order valence-corrected chi connectivity index (χ2v) is 8.99. The number of anilines is 1. The van der Waals surface area contributed by atoms with Gasteiger partial charge in [0.1, 0.15) is 17.2 Å². The molecule has 0 aliphatic heterocycles. The number of amides is 1. The summed E-state index contributed by atoms with van der Waals surface area (Å²) in [5.74, 6) is -2.12. The highest BCUT2D eigenvalue weighted by atomic mass is 19.1. The number of aromatic nitrogens is 2. The number of halogens is 2. The minimum absolute atomic E-state index is 0.0636. The predicted molar refractivity (Wildman–Crippen MR) is 136 cm³/mol. The normalized spacial score (nSPS) is 13.7. The van der Waals surface area contributed by atoms with Crippen LogP contribution in [0.3, 0.4) is 0 Å². The lowest BCUT2D eigenvalue weighted by Gasteiger charge is -2.14. The average Bonchev–Trinajstić information content (AvgIpc) is 3.70. The Morgan fingerprint density at radius 3 is 2.61 bits per heavy atom.